The van der Waals surface area contributed by atoms with Crippen molar-refractivity contribution < 1.29 is 16.8 Å². The van der Waals surface area contributed by atoms with Crippen LogP contribution < -0.4 is 5.73 Å². The van der Waals surface area contributed by atoms with Crippen LogP contribution in [0.3, 0.4) is 0 Å². The lowest BCUT2D eigenvalue weighted by Gasteiger charge is -2.30. The maximum Gasteiger partial charge on any atom is 0.215 e. The van der Waals surface area contributed by atoms with Crippen molar-refractivity contribution >= 4 is 19.9 Å². The molecule has 0 amide bonds. The van der Waals surface area contributed by atoms with E-state index in [4.69, 9.17) is 5.73 Å². The standard InChI is InChI=1S/C11H24N2O4S2/c1-3-13(11-6-4-5-10(11)9-12)19(16,17)8-7-18(2,14)15/h10-11H,3-9,12H2,1-2H3. The van der Waals surface area contributed by atoms with Crippen molar-refractivity contribution in [3.63, 3.8) is 0 Å². The van der Waals surface area contributed by atoms with Crippen LogP contribution in [-0.4, -0.2) is 58.0 Å². The Hall–Kier alpha value is -0.180. The molecule has 1 saturated carbocycles. The van der Waals surface area contributed by atoms with E-state index in [1.807, 2.05) is 0 Å². The maximum absolute atomic E-state index is 12.3. The first-order valence-corrected chi connectivity index (χ1v) is 10.3. The third-order valence-electron chi connectivity index (χ3n) is 3.67. The summed E-state index contributed by atoms with van der Waals surface area (Å²) in [5.41, 5.74) is 5.69. The molecular weight excluding hydrogens is 288 g/mol. The van der Waals surface area contributed by atoms with E-state index in [-0.39, 0.29) is 23.5 Å². The predicted octanol–water partition coefficient (Wildman–Crippen LogP) is -0.190. The summed E-state index contributed by atoms with van der Waals surface area (Å²) in [4.78, 5) is 0. The van der Waals surface area contributed by atoms with E-state index in [0.717, 1.165) is 25.5 Å². The Morgan fingerprint density at radius 1 is 1.16 bits per heavy atom. The molecule has 0 aromatic carbocycles. The summed E-state index contributed by atoms with van der Waals surface area (Å²) in [7, 11) is -6.81. The molecular formula is C11H24N2O4S2. The van der Waals surface area contributed by atoms with Crippen molar-refractivity contribution in [3.05, 3.63) is 0 Å². The van der Waals surface area contributed by atoms with Crippen molar-refractivity contribution in [1.82, 2.24) is 4.31 Å². The molecule has 0 bridgehead atoms. The van der Waals surface area contributed by atoms with E-state index in [0.29, 0.717) is 13.1 Å². The number of rotatable bonds is 7. The van der Waals surface area contributed by atoms with Gasteiger partial charge in [-0.2, -0.15) is 4.31 Å². The Morgan fingerprint density at radius 2 is 1.79 bits per heavy atom. The van der Waals surface area contributed by atoms with Gasteiger partial charge in [0.1, 0.15) is 9.84 Å². The Morgan fingerprint density at radius 3 is 2.26 bits per heavy atom. The summed E-state index contributed by atoms with van der Waals surface area (Å²) in [6.45, 7) is 2.62. The molecule has 8 heteroatoms. The van der Waals surface area contributed by atoms with Crippen LogP contribution in [0.1, 0.15) is 26.2 Å². The molecule has 2 unspecified atom stereocenters. The number of hydrogen-bond acceptors (Lipinski definition) is 5. The second kappa shape index (κ2) is 6.51. The second-order valence-electron chi connectivity index (χ2n) is 5.14. The Kier molecular flexibility index (Phi) is 5.78. The molecule has 1 rings (SSSR count). The quantitative estimate of drug-likeness (QED) is 0.702. The Balaban J connectivity index is 2.83. The molecule has 1 aliphatic rings. The molecule has 0 radical (unpaired) electrons. The normalized spacial score (nSPS) is 25.1. The fourth-order valence-electron chi connectivity index (χ4n) is 2.68. The molecule has 19 heavy (non-hydrogen) atoms. The number of hydrogen-bond donors (Lipinski definition) is 1. The van der Waals surface area contributed by atoms with Gasteiger partial charge < -0.3 is 5.73 Å². The van der Waals surface area contributed by atoms with Crippen LogP contribution in [0.4, 0.5) is 0 Å². The minimum Gasteiger partial charge on any atom is -0.330 e. The zero-order valence-electron chi connectivity index (χ0n) is 11.6. The molecule has 114 valence electrons. The molecule has 0 saturated heterocycles. The number of sulfonamides is 1. The Labute approximate surface area is 116 Å². The zero-order chi connectivity index (χ0) is 14.7. The topological polar surface area (TPSA) is 97.5 Å². The van der Waals surface area contributed by atoms with Crippen molar-refractivity contribution in [2.45, 2.75) is 32.2 Å². The highest BCUT2D eigenvalue weighted by Gasteiger charge is 2.36. The van der Waals surface area contributed by atoms with Crippen LogP contribution >= 0.6 is 0 Å². The molecule has 2 N–H and O–H groups in total. The largest absolute Gasteiger partial charge is 0.330 e. The van der Waals surface area contributed by atoms with Gasteiger partial charge in [-0.3, -0.25) is 0 Å². The number of nitrogens with zero attached hydrogens (tertiary/aromatic N) is 1. The van der Waals surface area contributed by atoms with E-state index < -0.39 is 19.9 Å². The Bertz CT molecular complexity index is 487. The third-order valence-corrected chi connectivity index (χ3v) is 6.84. The fraction of sp³-hybridized carbons (Fsp3) is 1.00. The van der Waals surface area contributed by atoms with Gasteiger partial charge in [-0.15, -0.1) is 0 Å². The van der Waals surface area contributed by atoms with Gasteiger partial charge in [0.15, 0.2) is 0 Å². The summed E-state index contributed by atoms with van der Waals surface area (Å²) < 4.78 is 48.3. The zero-order valence-corrected chi connectivity index (χ0v) is 13.2. The molecule has 0 aromatic heterocycles. The lowest BCUT2D eigenvalue weighted by Crippen LogP contribution is -2.45. The van der Waals surface area contributed by atoms with Gasteiger partial charge in [0.25, 0.3) is 0 Å². The van der Waals surface area contributed by atoms with E-state index in [1.54, 1.807) is 6.92 Å². The highest BCUT2D eigenvalue weighted by atomic mass is 32.2. The minimum absolute atomic E-state index is 0.0699. The molecule has 0 heterocycles. The maximum atomic E-state index is 12.3. The fourth-order valence-corrected chi connectivity index (χ4v) is 6.05. The van der Waals surface area contributed by atoms with Crippen molar-refractivity contribution in [1.29, 1.82) is 0 Å². The van der Waals surface area contributed by atoms with Gasteiger partial charge >= 0.3 is 0 Å². The van der Waals surface area contributed by atoms with Crippen LogP contribution in [0.5, 0.6) is 0 Å². The van der Waals surface area contributed by atoms with Gasteiger partial charge in [0, 0.05) is 18.8 Å². The third kappa shape index (κ3) is 4.70. The van der Waals surface area contributed by atoms with Crippen LogP contribution in [0, 0.1) is 5.92 Å². The van der Waals surface area contributed by atoms with E-state index in [9.17, 15) is 16.8 Å². The molecule has 0 spiro atoms. The lowest BCUT2D eigenvalue weighted by molar-refractivity contribution is 0.276. The predicted molar refractivity (Wildman–Crippen MR) is 76.1 cm³/mol. The molecule has 1 fully saturated rings. The van der Waals surface area contributed by atoms with Crippen LogP contribution in [-0.2, 0) is 19.9 Å². The van der Waals surface area contributed by atoms with Gasteiger partial charge in [-0.05, 0) is 25.3 Å². The van der Waals surface area contributed by atoms with Gasteiger partial charge in [-0.1, -0.05) is 13.3 Å². The van der Waals surface area contributed by atoms with Crippen LogP contribution in [0.15, 0.2) is 0 Å². The minimum atomic E-state index is -3.53. The summed E-state index contributed by atoms with van der Waals surface area (Å²) in [6, 6.07) is -0.0699. The van der Waals surface area contributed by atoms with Crippen LogP contribution in [0.25, 0.3) is 0 Å². The second-order valence-corrected chi connectivity index (χ2v) is 9.44. The van der Waals surface area contributed by atoms with Gasteiger partial charge in [-0.25, -0.2) is 16.8 Å². The first kappa shape index (κ1) is 16.9. The van der Waals surface area contributed by atoms with Crippen molar-refractivity contribution in [3.8, 4) is 0 Å². The molecule has 0 aliphatic heterocycles. The SMILES string of the molecule is CCN(C1CCCC1CN)S(=O)(=O)CCS(C)(=O)=O. The average Bonchev–Trinajstić information content (AvgIpc) is 2.74. The summed E-state index contributed by atoms with van der Waals surface area (Å²) in [5, 5.41) is 0. The average molecular weight is 312 g/mol. The summed E-state index contributed by atoms with van der Waals surface area (Å²) >= 11 is 0. The van der Waals surface area contributed by atoms with Crippen LogP contribution in [0.2, 0.25) is 0 Å². The lowest BCUT2D eigenvalue weighted by atomic mass is 10.0. The van der Waals surface area contributed by atoms with E-state index in [1.165, 1.54) is 4.31 Å². The van der Waals surface area contributed by atoms with Gasteiger partial charge in [0.2, 0.25) is 10.0 Å². The highest BCUT2D eigenvalue weighted by molar-refractivity contribution is 7.93. The molecule has 0 aromatic rings. The van der Waals surface area contributed by atoms with E-state index in [2.05, 4.69) is 0 Å². The van der Waals surface area contributed by atoms with Gasteiger partial charge in [0.05, 0.1) is 11.5 Å². The molecule has 6 nitrogen and oxygen atoms in total. The summed E-state index contributed by atoms with van der Waals surface area (Å²) in [6.07, 6.45) is 3.79. The number of sulfone groups is 1. The smallest absolute Gasteiger partial charge is 0.215 e. The molecule has 2 atom stereocenters. The monoisotopic (exact) mass is 312 g/mol. The molecule has 1 aliphatic carbocycles. The number of nitrogens with two attached hydrogens (primary N) is 1. The first-order valence-electron chi connectivity index (χ1n) is 6.58. The van der Waals surface area contributed by atoms with Crippen molar-refractivity contribution in [2.75, 3.05) is 30.9 Å². The summed E-state index contributed by atoms with van der Waals surface area (Å²) in [5.74, 6) is -0.479. The first-order chi connectivity index (χ1) is 8.71. The van der Waals surface area contributed by atoms with Crippen molar-refractivity contribution in [2.24, 2.45) is 11.7 Å². The highest BCUT2D eigenvalue weighted by Crippen LogP contribution is 2.30. The van der Waals surface area contributed by atoms with E-state index >= 15 is 0 Å².